The van der Waals surface area contributed by atoms with Crippen molar-refractivity contribution in [3.63, 3.8) is 0 Å². The van der Waals surface area contributed by atoms with Gasteiger partial charge >= 0.3 is 33.9 Å². The minimum atomic E-state index is 0. The normalized spacial score (nSPS) is 33.6. The molecule has 0 saturated heterocycles. The van der Waals surface area contributed by atoms with Crippen LogP contribution in [0.1, 0.15) is 86.5 Å². The van der Waals surface area contributed by atoms with Crippen LogP contribution in [-0.2, 0) is 35.8 Å². The van der Waals surface area contributed by atoms with Gasteiger partial charge in [0.05, 0.1) is 0 Å². The van der Waals surface area contributed by atoms with Gasteiger partial charge in [0.2, 0.25) is 0 Å². The van der Waals surface area contributed by atoms with Gasteiger partial charge in [-0.05, 0) is 78.4 Å². The van der Waals surface area contributed by atoms with Crippen LogP contribution in [0.25, 0.3) is 0 Å². The van der Waals surface area contributed by atoms with E-state index in [9.17, 15) is 4.79 Å². The molecule has 0 heterocycles. The molecular weight excluding hydrogens is 492 g/mol. The predicted molar refractivity (Wildman–Crippen MR) is 134 cm³/mol. The molecule has 4 nitrogen and oxygen atoms in total. The van der Waals surface area contributed by atoms with Crippen molar-refractivity contribution in [1.29, 1.82) is 0 Å². The number of carbonyl (C=O) groups is 1. The molecule has 0 aromatic rings. The van der Waals surface area contributed by atoms with E-state index in [2.05, 4.69) is 85.8 Å². The van der Waals surface area contributed by atoms with E-state index in [0.29, 0.717) is 35.4 Å². The van der Waals surface area contributed by atoms with Crippen LogP contribution in [0.5, 0.6) is 0 Å². The van der Waals surface area contributed by atoms with E-state index >= 15 is 0 Å². The van der Waals surface area contributed by atoms with E-state index in [1.807, 2.05) is 0 Å². The monoisotopic (exact) mass is 534 g/mol. The van der Waals surface area contributed by atoms with Crippen molar-refractivity contribution < 1.29 is 35.8 Å². The van der Waals surface area contributed by atoms with E-state index < -0.39 is 0 Å². The Balaban J connectivity index is 0.00000163. The third-order valence-electron chi connectivity index (χ3n) is 9.88. The Labute approximate surface area is 229 Å². The molecule has 3 saturated carbocycles. The Kier molecular flexibility index (Phi) is 14.6. The molecule has 0 aromatic carbocycles. The average molecular weight is 535 g/mol. The quantitative estimate of drug-likeness (QED) is 0.160. The molecule has 0 aromatic heterocycles. The Morgan fingerprint density at radius 3 is 2.08 bits per heavy atom. The minimum absolute atomic E-state index is 0. The van der Waals surface area contributed by atoms with Crippen LogP contribution < -0.4 is 0 Å². The largest absolute Gasteiger partial charge is 0 e. The number of hydrogen-bond acceptors (Lipinski definition) is 1. The van der Waals surface area contributed by atoms with Crippen molar-refractivity contribution in [2.45, 2.75) is 86.5 Å². The van der Waals surface area contributed by atoms with Crippen molar-refractivity contribution in [3.05, 3.63) is 55.4 Å². The first-order chi connectivity index (χ1) is 16.7. The van der Waals surface area contributed by atoms with Crippen molar-refractivity contribution in [2.75, 3.05) is 0 Å². The third kappa shape index (κ3) is 6.73. The van der Waals surface area contributed by atoms with Crippen LogP contribution in [0.3, 0.4) is 0 Å². The number of allylic oxidation sites excluding steroid dienone is 6. The molecule has 0 aliphatic heterocycles. The zero-order chi connectivity index (χ0) is 27.0. The molecule has 5 heteroatoms. The Morgan fingerprint density at radius 2 is 1.50 bits per heavy atom. The summed E-state index contributed by atoms with van der Waals surface area (Å²) in [6, 6.07) is 0. The molecule has 0 unspecified atom stereocenters. The summed E-state index contributed by atoms with van der Waals surface area (Å²) in [5, 5.41) is 0. The summed E-state index contributed by atoms with van der Waals surface area (Å²) in [5.74, 6) is 4.73. The van der Waals surface area contributed by atoms with Gasteiger partial charge in [0.1, 0.15) is 5.78 Å². The van der Waals surface area contributed by atoms with Crippen LogP contribution in [0, 0.1) is 66.3 Å². The second kappa shape index (κ2) is 15.1. The number of Topliss-reactive ketones (excluding diaryl/α,β-unsaturated/α-hetero) is 1. The summed E-state index contributed by atoms with van der Waals surface area (Å²) in [7, 11) is 0. The fraction of sp³-hybridized carbons (Fsp3) is 0.677. The predicted octanol–water partition coefficient (Wildman–Crippen LogP) is 7.42. The van der Waals surface area contributed by atoms with Gasteiger partial charge in [0.25, 0.3) is 0 Å². The van der Waals surface area contributed by atoms with Gasteiger partial charge in [0, 0.05) is 29.9 Å². The second-order valence-electron chi connectivity index (χ2n) is 11.7. The molecule has 4 rings (SSSR count). The topological polar surface area (TPSA) is 76.8 Å². The molecule has 0 spiro atoms. The maximum absolute atomic E-state index is 12.1. The van der Waals surface area contributed by atoms with Crippen molar-refractivity contribution in [1.82, 2.24) is 0 Å². The van der Waals surface area contributed by atoms with E-state index in [1.165, 1.54) is 31.3 Å². The van der Waals surface area contributed by atoms with Gasteiger partial charge in [-0.25, -0.2) is 0 Å². The van der Waals surface area contributed by atoms with Crippen molar-refractivity contribution in [2.24, 2.45) is 46.3 Å². The zero-order valence-electron chi connectivity index (χ0n) is 22.7. The standard InChI is InChI=1S/C28H42O.3CO.Fe/c1-18(2)19(3)7-8-20(4)24-11-12-25-23-10-9-21-17-22(29)13-15-27(21,5)26(23)14-16-28(24,25)6;3*1-2;/h7-10,18-20,24-26H,11-17H2,1-6H3;;;;/b8-7+;;;;/t19-,20+,24+,25-,26-,27-,28+;;;;/m0..../s1. The number of carbonyl (C=O) groups excluding carboxylic acids is 1. The Morgan fingerprint density at radius 1 is 0.889 bits per heavy atom. The summed E-state index contributed by atoms with van der Waals surface area (Å²) >= 11 is 0. The molecule has 4 aliphatic rings. The molecule has 0 bridgehead atoms. The fourth-order valence-electron chi connectivity index (χ4n) is 7.43. The molecule has 0 amide bonds. The first kappa shape index (κ1) is 34.6. The number of rotatable bonds is 4. The minimum Gasteiger partial charge on any atom is 0 e. The smallest absolute Gasteiger partial charge is 0 e. The molecule has 36 heavy (non-hydrogen) atoms. The van der Waals surface area contributed by atoms with E-state index in [1.54, 1.807) is 5.57 Å². The Bertz CT molecular complexity index is 878. The SMILES string of the molecule is CC(C)[C@@H](C)/C=C/[C@@H](C)[C@H]1CC[C@H]2C3=CC=C4CC(=O)CC[C@]4(C)[C@H]3CC[C@]12C.[C-]#[O+].[C-]#[O+].[C-]#[O+].[Fe]. The number of fused-ring (bicyclic) bond motifs is 5. The van der Waals surface area contributed by atoms with Crippen LogP contribution in [0.2, 0.25) is 0 Å². The van der Waals surface area contributed by atoms with Gasteiger partial charge in [-0.2, -0.15) is 0 Å². The first-order valence-electron chi connectivity index (χ1n) is 12.9. The van der Waals surface area contributed by atoms with E-state index in [-0.39, 0.29) is 22.5 Å². The van der Waals surface area contributed by atoms with Crippen molar-refractivity contribution in [3.8, 4) is 0 Å². The summed E-state index contributed by atoms with van der Waals surface area (Å²) in [6.07, 6.45) is 17.8. The average Bonchev–Trinajstić information content (AvgIpc) is 3.23. The molecule has 4 aliphatic carbocycles. The maximum Gasteiger partial charge on any atom is 0 e. The molecule has 7 atom stereocenters. The van der Waals surface area contributed by atoms with E-state index in [4.69, 9.17) is 14.0 Å². The molecular formula is C31H42FeO4. The van der Waals surface area contributed by atoms with E-state index in [0.717, 1.165) is 30.6 Å². The van der Waals surface area contributed by atoms with Crippen LogP contribution in [0.4, 0.5) is 0 Å². The molecule has 0 N–H and O–H groups in total. The summed E-state index contributed by atoms with van der Waals surface area (Å²) in [5.41, 5.74) is 3.86. The first-order valence-corrected chi connectivity index (χ1v) is 12.9. The van der Waals surface area contributed by atoms with Gasteiger partial charge in [-0.15, -0.1) is 0 Å². The van der Waals surface area contributed by atoms with Gasteiger partial charge in [-0.3, -0.25) is 4.79 Å². The number of ketones is 1. The molecule has 198 valence electrons. The van der Waals surface area contributed by atoms with Crippen LogP contribution >= 0.6 is 0 Å². The second-order valence-corrected chi connectivity index (χ2v) is 11.7. The van der Waals surface area contributed by atoms with Crippen LogP contribution in [-0.4, -0.2) is 5.78 Å². The zero-order valence-corrected chi connectivity index (χ0v) is 23.8. The third-order valence-corrected chi connectivity index (χ3v) is 9.88. The van der Waals surface area contributed by atoms with Gasteiger partial charge in [-0.1, -0.05) is 77.0 Å². The summed E-state index contributed by atoms with van der Waals surface area (Å²) in [4.78, 5) is 12.1. The van der Waals surface area contributed by atoms with Crippen molar-refractivity contribution >= 4 is 5.78 Å². The summed E-state index contributed by atoms with van der Waals surface area (Å²) in [6.45, 7) is 28.0. The van der Waals surface area contributed by atoms with Gasteiger partial charge in [0.15, 0.2) is 0 Å². The van der Waals surface area contributed by atoms with Gasteiger partial charge < -0.3 is 0 Å². The molecule has 3 fully saturated rings. The maximum atomic E-state index is 12.1. The summed E-state index contributed by atoms with van der Waals surface area (Å²) < 4.78 is 22.5. The number of hydrogen-bond donors (Lipinski definition) is 0. The van der Waals surface area contributed by atoms with Crippen LogP contribution in [0.15, 0.2) is 35.5 Å². The molecule has 0 radical (unpaired) electrons. The fourth-order valence-corrected chi connectivity index (χ4v) is 7.43. The Hall–Kier alpha value is -1.37.